The van der Waals surface area contributed by atoms with Crippen LogP contribution in [0.3, 0.4) is 0 Å². The Morgan fingerprint density at radius 2 is 1.87 bits per heavy atom. The predicted molar refractivity (Wildman–Crippen MR) is 61.0 cm³/mol. The van der Waals surface area contributed by atoms with E-state index in [0.717, 1.165) is 0 Å². The van der Waals surface area contributed by atoms with E-state index in [0.29, 0.717) is 19.3 Å². The number of carbonyl (C=O) groups excluding carboxylic acids is 1. The Balaban J connectivity index is -0.000000720. The molecule has 4 nitrogen and oxygen atoms in total. The molecule has 0 heterocycles. The molecule has 0 radical (unpaired) electrons. The molecule has 0 saturated heterocycles. The van der Waals surface area contributed by atoms with Crippen LogP contribution in [0.2, 0.25) is 0 Å². The summed E-state index contributed by atoms with van der Waals surface area (Å²) in [6, 6.07) is 0. The highest BCUT2D eigenvalue weighted by Gasteiger charge is 2.10. The van der Waals surface area contributed by atoms with Crippen LogP contribution in [0.4, 0.5) is 0 Å². The molecular formula is C11H24O4. The summed E-state index contributed by atoms with van der Waals surface area (Å²) in [6.45, 7) is 1.50. The summed E-state index contributed by atoms with van der Waals surface area (Å²) in [5.74, 6) is -0.736. The summed E-state index contributed by atoms with van der Waals surface area (Å²) in [5, 5.41) is 8.37. The quantitative estimate of drug-likeness (QED) is 0.716. The van der Waals surface area contributed by atoms with Gasteiger partial charge in [0.05, 0.1) is 6.10 Å². The zero-order chi connectivity index (χ0) is 10.3. The summed E-state index contributed by atoms with van der Waals surface area (Å²) in [5.41, 5.74) is 0. The summed E-state index contributed by atoms with van der Waals surface area (Å²) in [6.07, 6.45) is 1.56. The van der Waals surface area contributed by atoms with Crippen molar-refractivity contribution in [2.75, 3.05) is 7.11 Å². The molecule has 4 heteroatoms. The number of methoxy groups -OCH3 is 1. The first-order chi connectivity index (χ1) is 6.06. The van der Waals surface area contributed by atoms with Crippen molar-refractivity contribution in [2.45, 2.75) is 53.6 Å². The van der Waals surface area contributed by atoms with Gasteiger partial charge >= 0.3 is 5.97 Å². The lowest BCUT2D eigenvalue weighted by Crippen LogP contribution is -2.14. The lowest BCUT2D eigenvalue weighted by molar-refractivity contribution is -0.137. The Morgan fingerprint density at radius 1 is 1.33 bits per heavy atom. The van der Waals surface area contributed by atoms with Gasteiger partial charge < -0.3 is 9.84 Å². The molecule has 0 aromatic rings. The third-order valence-electron chi connectivity index (χ3n) is 1.77. The van der Waals surface area contributed by atoms with Crippen LogP contribution >= 0.6 is 0 Å². The SMILES string of the molecule is C.C.COC(CCCC(=O)O)CC(C)=O. The van der Waals surface area contributed by atoms with E-state index in [4.69, 9.17) is 9.84 Å². The maximum absolute atomic E-state index is 10.7. The van der Waals surface area contributed by atoms with Gasteiger partial charge in [0, 0.05) is 20.0 Å². The van der Waals surface area contributed by atoms with Crippen LogP contribution in [0.5, 0.6) is 0 Å². The topological polar surface area (TPSA) is 63.6 Å². The lowest BCUT2D eigenvalue weighted by Gasteiger charge is -2.12. The van der Waals surface area contributed by atoms with Crippen LogP contribution in [0.1, 0.15) is 47.5 Å². The lowest BCUT2D eigenvalue weighted by atomic mass is 10.1. The fourth-order valence-corrected chi connectivity index (χ4v) is 1.10. The molecular weight excluding hydrogens is 196 g/mol. The third-order valence-corrected chi connectivity index (χ3v) is 1.77. The van der Waals surface area contributed by atoms with Gasteiger partial charge in [0.1, 0.15) is 5.78 Å². The summed E-state index contributed by atoms with van der Waals surface area (Å²) < 4.78 is 5.03. The smallest absolute Gasteiger partial charge is 0.303 e. The standard InChI is InChI=1S/C9H16O4.2CH4/c1-7(10)6-8(13-2)4-3-5-9(11)12;;/h8H,3-6H2,1-2H3,(H,11,12);2*1H4. The molecule has 0 bridgehead atoms. The first kappa shape index (κ1) is 19.6. The van der Waals surface area contributed by atoms with Gasteiger partial charge in [0.15, 0.2) is 0 Å². The van der Waals surface area contributed by atoms with Gasteiger partial charge in [-0.1, -0.05) is 14.9 Å². The van der Waals surface area contributed by atoms with E-state index in [1.54, 1.807) is 0 Å². The molecule has 15 heavy (non-hydrogen) atoms. The second-order valence-electron chi connectivity index (χ2n) is 3.05. The van der Waals surface area contributed by atoms with Crippen molar-refractivity contribution in [3.63, 3.8) is 0 Å². The van der Waals surface area contributed by atoms with Gasteiger partial charge in [-0.3, -0.25) is 9.59 Å². The molecule has 0 amide bonds. The maximum atomic E-state index is 10.7. The van der Waals surface area contributed by atoms with E-state index in [9.17, 15) is 9.59 Å². The van der Waals surface area contributed by atoms with Gasteiger partial charge in [0.25, 0.3) is 0 Å². The van der Waals surface area contributed by atoms with Crippen LogP contribution in [-0.2, 0) is 14.3 Å². The molecule has 0 aliphatic rings. The fraction of sp³-hybridized carbons (Fsp3) is 0.818. The van der Waals surface area contributed by atoms with Crippen molar-refractivity contribution in [3.05, 3.63) is 0 Å². The highest BCUT2D eigenvalue weighted by Crippen LogP contribution is 2.08. The Bertz CT molecular complexity index is 177. The van der Waals surface area contributed by atoms with Gasteiger partial charge in [-0.2, -0.15) is 0 Å². The second-order valence-corrected chi connectivity index (χ2v) is 3.05. The van der Waals surface area contributed by atoms with Crippen LogP contribution in [0.25, 0.3) is 0 Å². The van der Waals surface area contributed by atoms with Gasteiger partial charge in [-0.25, -0.2) is 0 Å². The van der Waals surface area contributed by atoms with Crippen molar-refractivity contribution in [1.82, 2.24) is 0 Å². The van der Waals surface area contributed by atoms with E-state index < -0.39 is 5.97 Å². The van der Waals surface area contributed by atoms with Crippen molar-refractivity contribution in [3.8, 4) is 0 Å². The zero-order valence-electron chi connectivity index (χ0n) is 8.08. The van der Waals surface area contributed by atoms with Gasteiger partial charge in [-0.05, 0) is 19.8 Å². The van der Waals surface area contributed by atoms with E-state index in [-0.39, 0.29) is 33.2 Å². The van der Waals surface area contributed by atoms with Crippen molar-refractivity contribution < 1.29 is 19.4 Å². The zero-order valence-corrected chi connectivity index (χ0v) is 8.08. The average molecular weight is 220 g/mol. The molecule has 0 saturated carbocycles. The number of aliphatic carboxylic acids is 1. The minimum atomic E-state index is -0.808. The Morgan fingerprint density at radius 3 is 2.20 bits per heavy atom. The number of rotatable bonds is 7. The van der Waals surface area contributed by atoms with Crippen LogP contribution in [-0.4, -0.2) is 30.1 Å². The number of hydrogen-bond acceptors (Lipinski definition) is 3. The normalized spacial score (nSPS) is 10.8. The number of ketones is 1. The molecule has 0 aromatic carbocycles. The van der Waals surface area contributed by atoms with E-state index in [1.165, 1.54) is 14.0 Å². The molecule has 1 unspecified atom stereocenters. The predicted octanol–water partition coefficient (Wildman–Crippen LogP) is 2.51. The monoisotopic (exact) mass is 220 g/mol. The summed E-state index contributed by atoms with van der Waals surface area (Å²) >= 11 is 0. The Labute approximate surface area is 92.6 Å². The molecule has 92 valence electrons. The van der Waals surface area contributed by atoms with Crippen molar-refractivity contribution in [1.29, 1.82) is 0 Å². The molecule has 0 rings (SSSR count). The number of carboxylic acid groups (broad SMARTS) is 1. The molecule has 1 N–H and O–H groups in total. The van der Waals surface area contributed by atoms with Crippen LogP contribution < -0.4 is 0 Å². The van der Waals surface area contributed by atoms with E-state index in [1.807, 2.05) is 0 Å². The number of carboxylic acids is 1. The number of carbonyl (C=O) groups is 2. The van der Waals surface area contributed by atoms with E-state index in [2.05, 4.69) is 0 Å². The summed E-state index contributed by atoms with van der Waals surface area (Å²) in [7, 11) is 1.54. The molecule has 0 aromatic heterocycles. The van der Waals surface area contributed by atoms with Crippen LogP contribution in [0.15, 0.2) is 0 Å². The molecule has 0 aliphatic heterocycles. The first-order valence-electron chi connectivity index (χ1n) is 4.30. The minimum Gasteiger partial charge on any atom is -0.481 e. The fourth-order valence-electron chi connectivity index (χ4n) is 1.10. The van der Waals surface area contributed by atoms with Crippen LogP contribution in [0, 0.1) is 0 Å². The van der Waals surface area contributed by atoms with Gasteiger partial charge in [-0.15, -0.1) is 0 Å². The highest BCUT2D eigenvalue weighted by atomic mass is 16.5. The third kappa shape index (κ3) is 13.1. The number of ether oxygens (including phenoxy) is 1. The maximum Gasteiger partial charge on any atom is 0.303 e. The van der Waals surface area contributed by atoms with Crippen molar-refractivity contribution in [2.24, 2.45) is 0 Å². The molecule has 0 fully saturated rings. The van der Waals surface area contributed by atoms with Gasteiger partial charge in [0.2, 0.25) is 0 Å². The average Bonchev–Trinajstić information content (AvgIpc) is 2.01. The second kappa shape index (κ2) is 11.2. The van der Waals surface area contributed by atoms with Crippen molar-refractivity contribution >= 4 is 11.8 Å². The Kier molecular flexibility index (Phi) is 14.6. The minimum absolute atomic E-state index is 0. The number of hydrogen-bond donors (Lipinski definition) is 1. The highest BCUT2D eigenvalue weighted by molar-refractivity contribution is 5.75. The largest absolute Gasteiger partial charge is 0.481 e. The first-order valence-corrected chi connectivity index (χ1v) is 4.30. The Hall–Kier alpha value is -0.900. The van der Waals surface area contributed by atoms with E-state index >= 15 is 0 Å². The molecule has 0 aliphatic carbocycles. The summed E-state index contributed by atoms with van der Waals surface area (Å²) in [4.78, 5) is 20.9. The number of Topliss-reactive ketones (excluding diaryl/α,β-unsaturated/α-hetero) is 1. The molecule has 0 spiro atoms. The molecule has 1 atom stereocenters.